The smallest absolute Gasteiger partial charge is 0.243 e. The third-order valence-corrected chi connectivity index (χ3v) is 6.64. The zero-order chi connectivity index (χ0) is 17.2. The van der Waals surface area contributed by atoms with Crippen LogP contribution in [-0.4, -0.2) is 44.3 Å². The van der Waals surface area contributed by atoms with Gasteiger partial charge in [-0.05, 0) is 56.0 Å². The minimum Gasteiger partial charge on any atom is -0.326 e. The van der Waals surface area contributed by atoms with E-state index in [1.165, 1.54) is 0 Å². The molecule has 2 N–H and O–H groups in total. The summed E-state index contributed by atoms with van der Waals surface area (Å²) in [5, 5.41) is 6.10. The predicted octanol–water partition coefficient (Wildman–Crippen LogP) is 2.15. The molecule has 0 saturated carbocycles. The molecule has 2 aliphatic rings. The molecule has 2 aliphatic heterocycles. The van der Waals surface area contributed by atoms with Crippen molar-refractivity contribution in [3.05, 3.63) is 23.8 Å². The Bertz CT molecular complexity index is 718. The highest BCUT2D eigenvalue weighted by Crippen LogP contribution is 2.28. The lowest BCUT2D eigenvalue weighted by atomic mass is 10.1. The summed E-state index contributed by atoms with van der Waals surface area (Å²) >= 11 is 0. The SMILES string of the molecule is CCCN(C1CCNC1)S(=O)(=O)c1ccc2c(c1)CCCC(=O)N2.Cl. The maximum absolute atomic E-state index is 13.2. The van der Waals surface area contributed by atoms with Crippen LogP contribution in [0, 0.1) is 0 Å². The number of amides is 1. The molecule has 1 aromatic rings. The molecule has 0 aromatic heterocycles. The molecule has 0 radical (unpaired) electrons. The van der Waals surface area contributed by atoms with E-state index < -0.39 is 10.0 Å². The molecule has 1 unspecified atom stereocenters. The number of benzene rings is 1. The molecule has 1 aromatic carbocycles. The van der Waals surface area contributed by atoms with Crippen molar-refractivity contribution < 1.29 is 13.2 Å². The summed E-state index contributed by atoms with van der Waals surface area (Å²) in [7, 11) is -3.52. The van der Waals surface area contributed by atoms with Crippen molar-refractivity contribution in [1.82, 2.24) is 9.62 Å². The molecule has 25 heavy (non-hydrogen) atoms. The van der Waals surface area contributed by atoms with Gasteiger partial charge in [-0.2, -0.15) is 4.31 Å². The standard InChI is InChI=1S/C17H25N3O3S.ClH/c1-2-10-20(14-8-9-18-12-14)24(22,23)15-6-7-16-13(11-15)4-3-5-17(21)19-16;/h6-7,11,14,18H,2-5,8-10,12H2,1H3,(H,19,21);1H. The highest BCUT2D eigenvalue weighted by atomic mass is 35.5. The summed E-state index contributed by atoms with van der Waals surface area (Å²) < 4.78 is 28.0. The van der Waals surface area contributed by atoms with Gasteiger partial charge in [0.15, 0.2) is 0 Å². The molecule has 140 valence electrons. The van der Waals surface area contributed by atoms with Gasteiger partial charge in [-0.25, -0.2) is 8.42 Å². The topological polar surface area (TPSA) is 78.5 Å². The zero-order valence-corrected chi connectivity index (χ0v) is 16.1. The lowest BCUT2D eigenvalue weighted by molar-refractivity contribution is -0.116. The van der Waals surface area contributed by atoms with Gasteiger partial charge in [-0.1, -0.05) is 6.92 Å². The quantitative estimate of drug-likeness (QED) is 0.811. The van der Waals surface area contributed by atoms with Crippen LogP contribution in [0.5, 0.6) is 0 Å². The number of nitrogens with one attached hydrogen (secondary N) is 2. The Balaban J connectivity index is 0.00000225. The van der Waals surface area contributed by atoms with Crippen molar-refractivity contribution in [3.63, 3.8) is 0 Å². The number of halogens is 1. The largest absolute Gasteiger partial charge is 0.326 e. The van der Waals surface area contributed by atoms with Crippen LogP contribution < -0.4 is 10.6 Å². The summed E-state index contributed by atoms with van der Waals surface area (Å²) in [6.07, 6.45) is 3.58. The van der Waals surface area contributed by atoms with Gasteiger partial charge in [-0.3, -0.25) is 4.79 Å². The Hall–Kier alpha value is -1.15. The van der Waals surface area contributed by atoms with Crippen LogP contribution in [0.2, 0.25) is 0 Å². The zero-order valence-electron chi connectivity index (χ0n) is 14.5. The summed E-state index contributed by atoms with van der Waals surface area (Å²) in [5.41, 5.74) is 1.64. The fourth-order valence-corrected chi connectivity index (χ4v) is 5.25. The Labute approximate surface area is 155 Å². The van der Waals surface area contributed by atoms with E-state index in [1.807, 2.05) is 6.92 Å². The molecule has 8 heteroatoms. The summed E-state index contributed by atoms with van der Waals surface area (Å²) in [6, 6.07) is 5.10. The second-order valence-electron chi connectivity index (χ2n) is 6.48. The Morgan fingerprint density at radius 3 is 2.76 bits per heavy atom. The number of carbonyl (C=O) groups excluding carboxylic acids is 1. The number of anilines is 1. The van der Waals surface area contributed by atoms with Crippen molar-refractivity contribution in [2.75, 3.05) is 25.0 Å². The minimum atomic E-state index is -3.52. The van der Waals surface area contributed by atoms with E-state index in [1.54, 1.807) is 22.5 Å². The molecule has 0 bridgehead atoms. The minimum absolute atomic E-state index is 0. The number of fused-ring (bicyclic) bond motifs is 1. The molecule has 3 rings (SSSR count). The third kappa shape index (κ3) is 4.34. The van der Waals surface area contributed by atoms with Crippen molar-refractivity contribution in [2.24, 2.45) is 0 Å². The van der Waals surface area contributed by atoms with Gasteiger partial charge in [-0.15, -0.1) is 12.4 Å². The Morgan fingerprint density at radius 2 is 2.08 bits per heavy atom. The van der Waals surface area contributed by atoms with Crippen molar-refractivity contribution in [1.29, 1.82) is 0 Å². The second kappa shape index (κ2) is 8.49. The number of sulfonamides is 1. The van der Waals surface area contributed by atoms with Crippen LogP contribution >= 0.6 is 12.4 Å². The first kappa shape index (κ1) is 20.2. The lowest BCUT2D eigenvalue weighted by Gasteiger charge is -2.27. The maximum atomic E-state index is 13.2. The third-order valence-electron chi connectivity index (χ3n) is 4.69. The average molecular weight is 388 g/mol. The van der Waals surface area contributed by atoms with Gasteiger partial charge in [0.2, 0.25) is 15.9 Å². The number of rotatable bonds is 5. The molecule has 0 aliphatic carbocycles. The van der Waals surface area contributed by atoms with Gasteiger partial charge in [0.1, 0.15) is 0 Å². The first-order valence-electron chi connectivity index (χ1n) is 8.67. The molecular weight excluding hydrogens is 362 g/mol. The van der Waals surface area contributed by atoms with Crippen molar-refractivity contribution in [2.45, 2.75) is 50.0 Å². The van der Waals surface area contributed by atoms with E-state index in [2.05, 4.69) is 10.6 Å². The van der Waals surface area contributed by atoms with Gasteiger partial charge < -0.3 is 10.6 Å². The molecule has 1 saturated heterocycles. The Kier molecular flexibility index (Phi) is 6.85. The van der Waals surface area contributed by atoms with Gasteiger partial charge in [0.25, 0.3) is 0 Å². The number of carbonyl (C=O) groups is 1. The first-order valence-corrected chi connectivity index (χ1v) is 10.1. The fraction of sp³-hybridized carbons (Fsp3) is 0.588. The molecule has 2 heterocycles. The predicted molar refractivity (Wildman–Crippen MR) is 101 cm³/mol. The van der Waals surface area contributed by atoms with Crippen molar-refractivity contribution in [3.8, 4) is 0 Å². The van der Waals surface area contributed by atoms with Crippen LogP contribution in [-0.2, 0) is 21.2 Å². The first-order chi connectivity index (χ1) is 11.5. The Morgan fingerprint density at radius 1 is 1.28 bits per heavy atom. The van der Waals surface area contributed by atoms with E-state index in [0.29, 0.717) is 24.4 Å². The average Bonchev–Trinajstić information content (AvgIpc) is 3.00. The monoisotopic (exact) mass is 387 g/mol. The van der Waals surface area contributed by atoms with Crippen LogP contribution in [0.1, 0.15) is 38.2 Å². The number of hydrogen-bond acceptors (Lipinski definition) is 4. The normalized spacial score (nSPS) is 20.6. The second-order valence-corrected chi connectivity index (χ2v) is 8.37. The number of nitrogens with zero attached hydrogens (tertiary/aromatic N) is 1. The number of hydrogen-bond donors (Lipinski definition) is 2. The van der Waals surface area contributed by atoms with E-state index in [-0.39, 0.29) is 24.4 Å². The van der Waals surface area contributed by atoms with E-state index in [0.717, 1.165) is 43.5 Å². The highest BCUT2D eigenvalue weighted by molar-refractivity contribution is 7.89. The number of aryl methyl sites for hydroxylation is 1. The summed E-state index contributed by atoms with van der Waals surface area (Å²) in [4.78, 5) is 12.0. The fourth-order valence-electron chi connectivity index (χ4n) is 3.45. The van der Waals surface area contributed by atoms with Crippen LogP contribution in [0.15, 0.2) is 23.1 Å². The van der Waals surface area contributed by atoms with E-state index >= 15 is 0 Å². The van der Waals surface area contributed by atoms with Crippen LogP contribution in [0.3, 0.4) is 0 Å². The molecule has 0 spiro atoms. The lowest BCUT2D eigenvalue weighted by Crippen LogP contribution is -2.42. The molecule has 1 fully saturated rings. The molecular formula is C17H26ClN3O3S. The summed E-state index contributed by atoms with van der Waals surface area (Å²) in [6.45, 7) is 4.09. The van der Waals surface area contributed by atoms with Gasteiger partial charge >= 0.3 is 0 Å². The van der Waals surface area contributed by atoms with E-state index in [4.69, 9.17) is 0 Å². The molecule has 1 amide bonds. The van der Waals surface area contributed by atoms with Gasteiger partial charge in [0.05, 0.1) is 4.90 Å². The summed E-state index contributed by atoms with van der Waals surface area (Å²) in [5.74, 6) is -0.00556. The molecule has 1 atom stereocenters. The van der Waals surface area contributed by atoms with Crippen molar-refractivity contribution >= 4 is 34.0 Å². The van der Waals surface area contributed by atoms with Gasteiger partial charge in [0, 0.05) is 31.2 Å². The molecule has 6 nitrogen and oxygen atoms in total. The van der Waals surface area contributed by atoms with E-state index in [9.17, 15) is 13.2 Å². The maximum Gasteiger partial charge on any atom is 0.243 e. The van der Waals surface area contributed by atoms with Crippen LogP contribution in [0.4, 0.5) is 5.69 Å². The highest BCUT2D eigenvalue weighted by Gasteiger charge is 2.33. The van der Waals surface area contributed by atoms with Crippen LogP contribution in [0.25, 0.3) is 0 Å².